The predicted molar refractivity (Wildman–Crippen MR) is 190 cm³/mol. The second-order valence-electron chi connectivity index (χ2n) is 12.2. The van der Waals surface area contributed by atoms with E-state index in [0.29, 0.717) is 49.0 Å². The number of anilines is 1. The average molecular weight is 697 g/mol. The summed E-state index contributed by atoms with van der Waals surface area (Å²) in [5, 5.41) is 10.7. The number of hydrogen-bond donors (Lipinski definition) is 2. The molecule has 13 nitrogen and oxygen atoms in total. The standard InChI is InChI=1S/C36H37ClN8O5/c1-42(2)14-13-39-34(47)27-5-3-4-6-30(27)43-15-17-44(18-16-43)36(49)29(19-24-7-9-25(37)10-8-24)41-35(48)33-21-31(46)28-20-26(11-12-32(28)50-33)45-23-38-22-40-45/h3-12,20-23,29H,13-19H2,1-2H3,(H,39,47)(H,41,48)/t29-/m1/s1. The Kier molecular flexibility index (Phi) is 10.5. The van der Waals surface area contributed by atoms with Crippen molar-refractivity contribution in [2.45, 2.75) is 12.5 Å². The molecule has 1 atom stereocenters. The molecule has 0 radical (unpaired) electrons. The fraction of sp³-hybridized carbons (Fsp3) is 0.278. The van der Waals surface area contributed by atoms with Crippen LogP contribution in [0, 0.1) is 0 Å². The smallest absolute Gasteiger partial charge is 0.287 e. The number of nitrogens with zero attached hydrogens (tertiary/aromatic N) is 6. The zero-order valence-electron chi connectivity index (χ0n) is 27.7. The summed E-state index contributed by atoms with van der Waals surface area (Å²) < 4.78 is 7.37. The molecule has 0 bridgehead atoms. The van der Waals surface area contributed by atoms with Crippen LogP contribution < -0.4 is 21.0 Å². The van der Waals surface area contributed by atoms with Crippen LogP contribution in [0.4, 0.5) is 5.69 Å². The summed E-state index contributed by atoms with van der Waals surface area (Å²) in [5.74, 6) is -1.33. The van der Waals surface area contributed by atoms with Crippen molar-refractivity contribution in [3.63, 3.8) is 0 Å². The molecule has 0 saturated carbocycles. The third-order valence-corrected chi connectivity index (χ3v) is 8.75. The maximum absolute atomic E-state index is 14.1. The van der Waals surface area contributed by atoms with E-state index in [4.69, 9.17) is 16.0 Å². The molecule has 6 rings (SSSR count). The molecule has 1 aliphatic rings. The molecule has 1 aliphatic heterocycles. The Balaban J connectivity index is 1.18. The second kappa shape index (κ2) is 15.3. The first-order valence-corrected chi connectivity index (χ1v) is 16.6. The number of nitrogens with one attached hydrogen (secondary N) is 2. The number of benzene rings is 3. The number of piperazine rings is 1. The summed E-state index contributed by atoms with van der Waals surface area (Å²) in [4.78, 5) is 63.5. The van der Waals surface area contributed by atoms with Crippen LogP contribution in [0.15, 0.2) is 94.7 Å². The van der Waals surface area contributed by atoms with Crippen LogP contribution in [0.5, 0.6) is 0 Å². The Labute approximate surface area is 293 Å². The van der Waals surface area contributed by atoms with Gasteiger partial charge < -0.3 is 29.8 Å². The van der Waals surface area contributed by atoms with E-state index in [-0.39, 0.29) is 35.0 Å². The van der Waals surface area contributed by atoms with Crippen LogP contribution in [0.2, 0.25) is 5.02 Å². The maximum atomic E-state index is 14.1. The summed E-state index contributed by atoms with van der Waals surface area (Å²) in [6.45, 7) is 2.98. The van der Waals surface area contributed by atoms with Gasteiger partial charge >= 0.3 is 0 Å². The van der Waals surface area contributed by atoms with Gasteiger partial charge in [-0.25, -0.2) is 9.67 Å². The maximum Gasteiger partial charge on any atom is 0.287 e. The summed E-state index contributed by atoms with van der Waals surface area (Å²) in [6, 6.07) is 19.6. The molecule has 50 heavy (non-hydrogen) atoms. The monoisotopic (exact) mass is 696 g/mol. The van der Waals surface area contributed by atoms with E-state index in [0.717, 1.165) is 23.9 Å². The van der Waals surface area contributed by atoms with E-state index in [1.165, 1.54) is 17.3 Å². The lowest BCUT2D eigenvalue weighted by molar-refractivity contribution is -0.133. The van der Waals surface area contributed by atoms with Crippen molar-refractivity contribution in [2.75, 3.05) is 58.3 Å². The molecular formula is C36H37ClN8O5. The molecule has 0 aliphatic carbocycles. The molecule has 0 unspecified atom stereocenters. The molecule has 3 aromatic carbocycles. The Hall–Kier alpha value is -5.53. The van der Waals surface area contributed by atoms with Crippen LogP contribution in [-0.2, 0) is 11.2 Å². The van der Waals surface area contributed by atoms with E-state index in [1.54, 1.807) is 53.4 Å². The average Bonchev–Trinajstić information content (AvgIpc) is 3.67. The highest BCUT2D eigenvalue weighted by atomic mass is 35.5. The topological polar surface area (TPSA) is 146 Å². The van der Waals surface area contributed by atoms with E-state index in [1.807, 2.05) is 37.2 Å². The highest BCUT2D eigenvalue weighted by Gasteiger charge is 2.31. The molecule has 0 spiro atoms. The fourth-order valence-electron chi connectivity index (χ4n) is 5.84. The Morgan fingerprint density at radius 2 is 1.72 bits per heavy atom. The number of hydrogen-bond acceptors (Lipinski definition) is 9. The number of halogens is 1. The lowest BCUT2D eigenvalue weighted by Crippen LogP contribution is -2.55. The van der Waals surface area contributed by atoms with Crippen molar-refractivity contribution in [2.24, 2.45) is 0 Å². The first-order valence-electron chi connectivity index (χ1n) is 16.2. The van der Waals surface area contributed by atoms with Crippen LogP contribution in [-0.4, -0.2) is 102 Å². The van der Waals surface area contributed by atoms with Crippen molar-refractivity contribution < 1.29 is 18.8 Å². The lowest BCUT2D eigenvalue weighted by Gasteiger charge is -2.38. The lowest BCUT2D eigenvalue weighted by atomic mass is 10.0. The molecule has 1 saturated heterocycles. The SMILES string of the molecule is CN(C)CCNC(=O)c1ccccc1N1CCN(C(=O)[C@@H](Cc2ccc(Cl)cc2)NC(=O)c2cc(=O)c3cc(-n4cncn4)ccc3o2)CC1. The Morgan fingerprint density at radius 1 is 0.960 bits per heavy atom. The first kappa shape index (κ1) is 34.3. The van der Waals surface area contributed by atoms with Crippen molar-refractivity contribution in [1.82, 2.24) is 35.2 Å². The number of rotatable bonds is 11. The number of carbonyl (C=O) groups is 3. The minimum absolute atomic E-state index is 0.150. The fourth-order valence-corrected chi connectivity index (χ4v) is 5.97. The van der Waals surface area contributed by atoms with Gasteiger partial charge in [0, 0.05) is 62.5 Å². The summed E-state index contributed by atoms with van der Waals surface area (Å²) in [7, 11) is 3.90. The number of aromatic nitrogens is 3. The highest BCUT2D eigenvalue weighted by Crippen LogP contribution is 2.23. The number of carbonyl (C=O) groups excluding carboxylic acids is 3. The second-order valence-corrected chi connectivity index (χ2v) is 12.7. The van der Waals surface area contributed by atoms with Gasteiger partial charge in [0.25, 0.3) is 11.8 Å². The van der Waals surface area contributed by atoms with Gasteiger partial charge in [-0.1, -0.05) is 35.9 Å². The molecule has 3 amide bonds. The van der Waals surface area contributed by atoms with Gasteiger partial charge in [-0.05, 0) is 62.1 Å². The molecular weight excluding hydrogens is 660 g/mol. The molecule has 14 heteroatoms. The van der Waals surface area contributed by atoms with Crippen LogP contribution in [0.3, 0.4) is 0 Å². The quantitative estimate of drug-likeness (QED) is 0.213. The van der Waals surface area contributed by atoms with Crippen LogP contribution in [0.25, 0.3) is 16.7 Å². The zero-order valence-corrected chi connectivity index (χ0v) is 28.5. The number of likely N-dealkylation sites (N-methyl/N-ethyl adjacent to an activating group) is 1. The Bertz CT molecular complexity index is 2040. The molecule has 3 heterocycles. The van der Waals surface area contributed by atoms with E-state index >= 15 is 0 Å². The summed E-state index contributed by atoms with van der Waals surface area (Å²) >= 11 is 6.10. The molecule has 2 N–H and O–H groups in total. The predicted octanol–water partition coefficient (Wildman–Crippen LogP) is 3.01. The van der Waals surface area contributed by atoms with Gasteiger partial charge in [-0.3, -0.25) is 19.2 Å². The molecule has 1 fully saturated rings. The normalized spacial score (nSPS) is 13.8. The van der Waals surface area contributed by atoms with E-state index in [2.05, 4.69) is 25.6 Å². The third kappa shape index (κ3) is 8.01. The Morgan fingerprint density at radius 3 is 2.44 bits per heavy atom. The molecule has 2 aromatic heterocycles. The third-order valence-electron chi connectivity index (χ3n) is 8.50. The van der Waals surface area contributed by atoms with Gasteiger partial charge in [0.05, 0.1) is 16.6 Å². The van der Waals surface area contributed by atoms with Crippen molar-refractivity contribution >= 4 is 46.0 Å². The summed E-state index contributed by atoms with van der Waals surface area (Å²) in [5.41, 5.74) is 2.58. The minimum atomic E-state index is -0.958. The minimum Gasteiger partial charge on any atom is -0.451 e. The largest absolute Gasteiger partial charge is 0.451 e. The van der Waals surface area contributed by atoms with Gasteiger partial charge in [0.15, 0.2) is 11.2 Å². The zero-order chi connectivity index (χ0) is 35.2. The number of fused-ring (bicyclic) bond motifs is 1. The van der Waals surface area contributed by atoms with Gasteiger partial charge in [-0.15, -0.1) is 0 Å². The molecule has 258 valence electrons. The van der Waals surface area contributed by atoms with Crippen molar-refractivity contribution in [3.8, 4) is 5.69 Å². The van der Waals surface area contributed by atoms with Gasteiger partial charge in [-0.2, -0.15) is 5.10 Å². The van der Waals surface area contributed by atoms with Crippen molar-refractivity contribution in [3.05, 3.63) is 118 Å². The van der Waals surface area contributed by atoms with Gasteiger partial charge in [0.2, 0.25) is 5.91 Å². The van der Waals surface area contributed by atoms with Crippen molar-refractivity contribution in [1.29, 1.82) is 0 Å². The number of para-hydroxylation sites is 1. The van der Waals surface area contributed by atoms with Gasteiger partial charge in [0.1, 0.15) is 24.3 Å². The van der Waals surface area contributed by atoms with E-state index in [9.17, 15) is 19.2 Å². The van der Waals surface area contributed by atoms with E-state index < -0.39 is 17.4 Å². The summed E-state index contributed by atoms with van der Waals surface area (Å²) in [6.07, 6.45) is 3.08. The van der Waals surface area contributed by atoms with Crippen LogP contribution in [0.1, 0.15) is 26.5 Å². The first-order chi connectivity index (χ1) is 24.2. The van der Waals surface area contributed by atoms with Crippen LogP contribution >= 0.6 is 11.6 Å². The molecule has 5 aromatic rings. The highest BCUT2D eigenvalue weighted by molar-refractivity contribution is 6.30. The number of amides is 3.